The van der Waals surface area contributed by atoms with Crippen molar-refractivity contribution >= 4 is 15.9 Å². The van der Waals surface area contributed by atoms with Crippen molar-refractivity contribution in [1.29, 1.82) is 0 Å². The number of ether oxygens (including phenoxy) is 1. The average Bonchev–Trinajstić information content (AvgIpc) is 2.78. The summed E-state index contributed by atoms with van der Waals surface area (Å²) in [6.45, 7) is 4.40. The zero-order valence-corrected chi connectivity index (χ0v) is 11.1. The minimum absolute atomic E-state index is 0.705. The normalized spacial score (nSPS) is 10.2. The van der Waals surface area contributed by atoms with Gasteiger partial charge in [0.15, 0.2) is 0 Å². The molecular weight excluding hydrogens is 280 g/mol. The summed E-state index contributed by atoms with van der Waals surface area (Å²) in [5.41, 5.74) is 1.87. The second-order valence-electron chi connectivity index (χ2n) is 3.56. The highest BCUT2D eigenvalue weighted by molar-refractivity contribution is 9.10. The lowest BCUT2D eigenvalue weighted by molar-refractivity contribution is 0.416. The van der Waals surface area contributed by atoms with Gasteiger partial charge in [-0.1, -0.05) is 22.0 Å². The van der Waals surface area contributed by atoms with Gasteiger partial charge in [-0.15, -0.1) is 6.58 Å². The van der Waals surface area contributed by atoms with E-state index in [-0.39, 0.29) is 0 Å². The largest absolute Gasteiger partial charge is 0.496 e. The van der Waals surface area contributed by atoms with E-state index in [1.54, 1.807) is 7.11 Å². The number of methoxy groups -OCH3 is 1. The molecule has 0 aliphatic carbocycles. The van der Waals surface area contributed by atoms with Crippen LogP contribution < -0.4 is 4.74 Å². The third-order valence-electron chi connectivity index (χ3n) is 2.39. The van der Waals surface area contributed by atoms with Gasteiger partial charge in [0, 0.05) is 16.2 Å². The van der Waals surface area contributed by atoms with E-state index in [0.717, 1.165) is 21.5 Å². The quantitative estimate of drug-likeness (QED) is 0.807. The van der Waals surface area contributed by atoms with Crippen molar-refractivity contribution in [3.05, 3.63) is 47.6 Å². The topological polar surface area (TPSA) is 27.1 Å². The summed E-state index contributed by atoms with van der Waals surface area (Å²) in [5.74, 6) is 0.817. The lowest BCUT2D eigenvalue weighted by Crippen LogP contribution is -1.95. The lowest BCUT2D eigenvalue weighted by atomic mass is 10.1. The van der Waals surface area contributed by atoms with Gasteiger partial charge in [-0.25, -0.2) is 0 Å². The first-order valence-corrected chi connectivity index (χ1v) is 6.02. The van der Waals surface area contributed by atoms with Gasteiger partial charge in [0.2, 0.25) is 0 Å². The molecule has 17 heavy (non-hydrogen) atoms. The number of hydrogen-bond acceptors (Lipinski definition) is 2. The monoisotopic (exact) mass is 292 g/mol. The molecule has 0 saturated carbocycles. The third kappa shape index (κ3) is 2.58. The fourth-order valence-corrected chi connectivity index (χ4v) is 1.98. The summed E-state index contributed by atoms with van der Waals surface area (Å²) < 4.78 is 8.18. The van der Waals surface area contributed by atoms with Crippen LogP contribution >= 0.6 is 15.9 Å². The molecule has 0 unspecified atom stereocenters. The van der Waals surface area contributed by atoms with E-state index in [1.165, 1.54) is 0 Å². The first kappa shape index (κ1) is 11.9. The molecule has 4 heteroatoms. The molecule has 2 aromatic rings. The van der Waals surface area contributed by atoms with Crippen LogP contribution in [0.3, 0.4) is 0 Å². The van der Waals surface area contributed by atoms with Crippen LogP contribution in [0.2, 0.25) is 0 Å². The second-order valence-corrected chi connectivity index (χ2v) is 4.47. The maximum atomic E-state index is 5.33. The molecule has 0 amide bonds. The van der Waals surface area contributed by atoms with Crippen LogP contribution in [0.15, 0.2) is 47.6 Å². The van der Waals surface area contributed by atoms with Crippen molar-refractivity contribution in [3.8, 4) is 17.0 Å². The number of allylic oxidation sites excluding steroid dienone is 1. The van der Waals surface area contributed by atoms with Crippen molar-refractivity contribution in [2.45, 2.75) is 6.54 Å². The van der Waals surface area contributed by atoms with Crippen molar-refractivity contribution in [2.24, 2.45) is 0 Å². The van der Waals surface area contributed by atoms with E-state index in [1.807, 2.05) is 41.2 Å². The second kappa shape index (κ2) is 5.19. The minimum atomic E-state index is 0.705. The summed E-state index contributed by atoms with van der Waals surface area (Å²) >= 11 is 3.45. The van der Waals surface area contributed by atoms with Crippen LogP contribution in [0, 0.1) is 0 Å². The molecule has 0 spiro atoms. The number of benzene rings is 1. The van der Waals surface area contributed by atoms with Gasteiger partial charge in [-0.3, -0.25) is 4.68 Å². The van der Waals surface area contributed by atoms with Crippen LogP contribution in [-0.2, 0) is 6.54 Å². The average molecular weight is 293 g/mol. The molecule has 1 heterocycles. The number of aromatic nitrogens is 2. The molecule has 0 N–H and O–H groups in total. The van der Waals surface area contributed by atoms with Crippen molar-refractivity contribution in [3.63, 3.8) is 0 Å². The first-order chi connectivity index (χ1) is 8.24. The fourth-order valence-electron chi connectivity index (χ4n) is 1.62. The zero-order chi connectivity index (χ0) is 12.3. The van der Waals surface area contributed by atoms with Gasteiger partial charge in [-0.05, 0) is 24.3 Å². The van der Waals surface area contributed by atoms with Crippen LogP contribution in [-0.4, -0.2) is 16.9 Å². The molecule has 1 aromatic carbocycles. The number of halogens is 1. The molecule has 3 nitrogen and oxygen atoms in total. The summed E-state index contributed by atoms with van der Waals surface area (Å²) in [6.07, 6.45) is 3.74. The Kier molecular flexibility index (Phi) is 3.64. The van der Waals surface area contributed by atoms with Gasteiger partial charge in [0.05, 0.1) is 19.3 Å². The predicted molar refractivity (Wildman–Crippen MR) is 72.1 cm³/mol. The highest BCUT2D eigenvalue weighted by atomic mass is 79.9. The molecule has 0 fully saturated rings. The smallest absolute Gasteiger partial charge is 0.128 e. The first-order valence-electron chi connectivity index (χ1n) is 5.23. The van der Waals surface area contributed by atoms with Gasteiger partial charge >= 0.3 is 0 Å². The molecule has 0 radical (unpaired) electrons. The Bertz CT molecular complexity index is 534. The van der Waals surface area contributed by atoms with Crippen LogP contribution in [0.25, 0.3) is 11.3 Å². The summed E-state index contributed by atoms with van der Waals surface area (Å²) in [4.78, 5) is 0. The highest BCUT2D eigenvalue weighted by Gasteiger charge is 2.09. The molecule has 0 aliphatic rings. The van der Waals surface area contributed by atoms with E-state index in [0.29, 0.717) is 6.54 Å². The number of rotatable bonds is 4. The Morgan fingerprint density at radius 2 is 2.29 bits per heavy atom. The number of nitrogens with zero attached hydrogens (tertiary/aromatic N) is 2. The predicted octanol–water partition coefficient (Wildman–Crippen LogP) is 3.51. The molecule has 88 valence electrons. The zero-order valence-electron chi connectivity index (χ0n) is 9.56. The molecule has 0 bridgehead atoms. The maximum Gasteiger partial charge on any atom is 0.128 e. The van der Waals surface area contributed by atoms with E-state index in [9.17, 15) is 0 Å². The molecule has 1 aromatic heterocycles. The van der Waals surface area contributed by atoms with Gasteiger partial charge in [0.1, 0.15) is 5.75 Å². The minimum Gasteiger partial charge on any atom is -0.496 e. The van der Waals surface area contributed by atoms with Gasteiger partial charge in [-0.2, -0.15) is 5.10 Å². The highest BCUT2D eigenvalue weighted by Crippen LogP contribution is 2.31. The molecule has 0 aliphatic heterocycles. The Morgan fingerprint density at radius 3 is 3.00 bits per heavy atom. The number of hydrogen-bond donors (Lipinski definition) is 0. The molecule has 2 rings (SSSR count). The molecule has 0 atom stereocenters. The van der Waals surface area contributed by atoms with E-state index in [4.69, 9.17) is 4.74 Å². The van der Waals surface area contributed by atoms with E-state index < -0.39 is 0 Å². The Balaban J connectivity index is 2.43. The van der Waals surface area contributed by atoms with Crippen molar-refractivity contribution in [2.75, 3.05) is 7.11 Å². The van der Waals surface area contributed by atoms with Crippen LogP contribution in [0.1, 0.15) is 0 Å². The van der Waals surface area contributed by atoms with Crippen LogP contribution in [0.5, 0.6) is 5.75 Å². The Hall–Kier alpha value is -1.55. The maximum absolute atomic E-state index is 5.33. The summed E-state index contributed by atoms with van der Waals surface area (Å²) in [5, 5.41) is 4.46. The SMILES string of the molecule is C=CCn1ccc(-c2cc(Br)ccc2OC)n1. The third-order valence-corrected chi connectivity index (χ3v) is 2.89. The Morgan fingerprint density at radius 1 is 1.47 bits per heavy atom. The standard InChI is InChI=1S/C13H13BrN2O/c1-3-7-16-8-6-12(15-16)11-9-10(14)4-5-13(11)17-2/h3-6,8-9H,1,7H2,2H3. The van der Waals surface area contributed by atoms with Gasteiger partial charge in [0.25, 0.3) is 0 Å². The summed E-state index contributed by atoms with van der Waals surface area (Å²) in [7, 11) is 1.66. The Labute approximate surface area is 109 Å². The fraction of sp³-hybridized carbons (Fsp3) is 0.154. The van der Waals surface area contributed by atoms with E-state index in [2.05, 4.69) is 27.6 Å². The molecule has 0 saturated heterocycles. The van der Waals surface area contributed by atoms with Crippen molar-refractivity contribution in [1.82, 2.24) is 9.78 Å². The lowest BCUT2D eigenvalue weighted by Gasteiger charge is -2.06. The van der Waals surface area contributed by atoms with Crippen molar-refractivity contribution < 1.29 is 4.74 Å². The summed E-state index contributed by atoms with van der Waals surface area (Å²) in [6, 6.07) is 7.84. The molecular formula is C13H13BrN2O. The van der Waals surface area contributed by atoms with Crippen LogP contribution in [0.4, 0.5) is 0 Å². The van der Waals surface area contributed by atoms with E-state index >= 15 is 0 Å². The van der Waals surface area contributed by atoms with Gasteiger partial charge < -0.3 is 4.74 Å².